The SMILES string of the molecule is COc1cc(N2C[C@H]3C[C@@H]2CN3C)nc(-n2c(=O)c(NC(=O)c3ccc(OC(F)F)cc3)c(-c3c(F)cc(OC)cc3F)n2C)c1. The zero-order chi connectivity index (χ0) is 32.9. The number of likely N-dealkylation sites (N-methyl/N-ethyl adjacent to an activating group) is 1. The third kappa shape index (κ3) is 5.50. The van der Waals surface area contributed by atoms with Crippen LogP contribution < -0.4 is 30.0 Å². The molecule has 0 saturated carbocycles. The lowest BCUT2D eigenvalue weighted by Gasteiger charge is -2.33. The van der Waals surface area contributed by atoms with Crippen molar-refractivity contribution in [1.82, 2.24) is 19.2 Å². The minimum absolute atomic E-state index is 0.0334. The van der Waals surface area contributed by atoms with Gasteiger partial charge in [0.2, 0.25) is 0 Å². The molecule has 2 atom stereocenters. The second-order valence-corrected chi connectivity index (χ2v) is 11.0. The van der Waals surface area contributed by atoms with Crippen LogP contribution in [0.1, 0.15) is 16.8 Å². The van der Waals surface area contributed by atoms with Gasteiger partial charge in [0.1, 0.15) is 46.1 Å². The van der Waals surface area contributed by atoms with Crippen LogP contribution in [0.5, 0.6) is 17.2 Å². The van der Waals surface area contributed by atoms with Crippen LogP contribution >= 0.6 is 0 Å². The third-order valence-electron chi connectivity index (χ3n) is 8.37. The second kappa shape index (κ2) is 12.0. The molecule has 1 amide bonds. The first-order valence-corrected chi connectivity index (χ1v) is 14.2. The maximum Gasteiger partial charge on any atom is 0.387 e. The molecule has 2 aliphatic heterocycles. The van der Waals surface area contributed by atoms with E-state index < -0.39 is 41.0 Å². The van der Waals surface area contributed by atoms with E-state index in [4.69, 9.17) is 14.5 Å². The van der Waals surface area contributed by atoms with Gasteiger partial charge in [-0.3, -0.25) is 19.2 Å². The quantitative estimate of drug-likeness (QED) is 0.270. The van der Waals surface area contributed by atoms with E-state index in [1.807, 2.05) is 0 Å². The van der Waals surface area contributed by atoms with E-state index in [9.17, 15) is 18.4 Å². The van der Waals surface area contributed by atoms with Gasteiger partial charge >= 0.3 is 6.61 Å². The van der Waals surface area contributed by atoms with Crippen LogP contribution in [0.4, 0.5) is 29.1 Å². The minimum atomic E-state index is -3.06. The number of aromatic nitrogens is 3. The summed E-state index contributed by atoms with van der Waals surface area (Å²) < 4.78 is 73.4. The molecule has 11 nitrogen and oxygen atoms in total. The van der Waals surface area contributed by atoms with Gasteiger partial charge in [0.15, 0.2) is 5.82 Å². The van der Waals surface area contributed by atoms with Crippen LogP contribution in [0.2, 0.25) is 0 Å². The van der Waals surface area contributed by atoms with Gasteiger partial charge in [-0.15, -0.1) is 0 Å². The molecular formula is C31H30F4N6O5. The lowest BCUT2D eigenvalue weighted by molar-refractivity contribution is -0.0498. The van der Waals surface area contributed by atoms with Crippen LogP contribution in [-0.4, -0.2) is 78.2 Å². The van der Waals surface area contributed by atoms with E-state index in [-0.39, 0.29) is 34.6 Å². The zero-order valence-corrected chi connectivity index (χ0v) is 25.3. The van der Waals surface area contributed by atoms with Crippen LogP contribution in [-0.2, 0) is 7.05 Å². The molecule has 46 heavy (non-hydrogen) atoms. The van der Waals surface area contributed by atoms with Crippen molar-refractivity contribution in [3.05, 3.63) is 76.1 Å². The third-order valence-corrected chi connectivity index (χ3v) is 8.37. The van der Waals surface area contributed by atoms with Crippen molar-refractivity contribution < 1.29 is 36.6 Å². The molecule has 15 heteroatoms. The Bertz CT molecular complexity index is 1840. The maximum atomic E-state index is 15.5. The number of nitrogens with zero attached hydrogens (tertiary/aromatic N) is 5. The average Bonchev–Trinajstić information content (AvgIpc) is 3.67. The van der Waals surface area contributed by atoms with E-state index in [1.54, 1.807) is 6.07 Å². The molecular weight excluding hydrogens is 612 g/mol. The fraction of sp³-hybridized carbons (Fsp3) is 0.323. The number of halogens is 4. The number of piperazine rings is 1. The summed E-state index contributed by atoms with van der Waals surface area (Å²) in [7, 11) is 6.19. The summed E-state index contributed by atoms with van der Waals surface area (Å²) in [6, 6.07) is 10.4. The summed E-state index contributed by atoms with van der Waals surface area (Å²) in [5.41, 5.74) is -2.21. The number of amides is 1. The van der Waals surface area contributed by atoms with Gasteiger partial charge in [-0.05, 0) is 37.7 Å². The number of carbonyl (C=O) groups is 1. The number of nitrogens with one attached hydrogen (secondary N) is 1. The molecule has 2 bridgehead atoms. The largest absolute Gasteiger partial charge is 0.497 e. The van der Waals surface area contributed by atoms with E-state index in [0.717, 1.165) is 48.5 Å². The lowest BCUT2D eigenvalue weighted by Crippen LogP contribution is -2.45. The van der Waals surface area contributed by atoms with Crippen LogP contribution in [0.25, 0.3) is 17.1 Å². The standard InChI is InChI=1S/C31H30F4N6O5/c1-38-14-18-9-17(38)15-40(18)24-12-21(45-4)13-25(36-24)41-30(43)27(37-29(42)16-5-7-19(8-6-16)46-31(34)35)28(39(41)2)26-22(32)10-20(44-3)11-23(26)33/h5-8,10-13,17-18,31H,9,14-15H2,1-4H3,(H,37,42)/t17-,18-/m1/s1. The van der Waals surface area contributed by atoms with Crippen molar-refractivity contribution in [3.63, 3.8) is 0 Å². The van der Waals surface area contributed by atoms with Gasteiger partial charge in [0.05, 0.1) is 19.8 Å². The lowest BCUT2D eigenvalue weighted by atomic mass is 10.1. The molecule has 1 N–H and O–H groups in total. The summed E-state index contributed by atoms with van der Waals surface area (Å²) >= 11 is 0. The number of benzene rings is 2. The summed E-state index contributed by atoms with van der Waals surface area (Å²) in [6.07, 6.45) is 0.959. The van der Waals surface area contributed by atoms with Crippen molar-refractivity contribution in [1.29, 1.82) is 0 Å². The smallest absolute Gasteiger partial charge is 0.387 e. The first-order chi connectivity index (χ1) is 22.0. The molecule has 2 aromatic heterocycles. The van der Waals surface area contributed by atoms with Gasteiger partial charge in [-0.2, -0.15) is 13.5 Å². The Hall–Kier alpha value is -5.05. The molecule has 0 unspecified atom stereocenters. The van der Waals surface area contributed by atoms with Gasteiger partial charge in [0.25, 0.3) is 11.5 Å². The fourth-order valence-electron chi connectivity index (χ4n) is 6.13. The summed E-state index contributed by atoms with van der Waals surface area (Å²) in [4.78, 5) is 36.6. The van der Waals surface area contributed by atoms with E-state index in [0.29, 0.717) is 17.6 Å². The van der Waals surface area contributed by atoms with E-state index in [1.165, 1.54) is 44.1 Å². The fourth-order valence-corrected chi connectivity index (χ4v) is 6.13. The molecule has 2 aromatic carbocycles. The van der Waals surface area contributed by atoms with Crippen molar-refractivity contribution in [2.24, 2.45) is 7.05 Å². The van der Waals surface area contributed by atoms with Crippen LogP contribution in [0.15, 0.2) is 53.3 Å². The number of likely N-dealkylation sites (tertiary alicyclic amines) is 1. The number of anilines is 2. The molecule has 242 valence electrons. The number of hydrogen-bond donors (Lipinski definition) is 1. The Balaban J connectivity index is 1.48. The van der Waals surface area contributed by atoms with Crippen molar-refractivity contribution >= 4 is 17.4 Å². The van der Waals surface area contributed by atoms with Gasteiger partial charge in [-0.25, -0.2) is 13.8 Å². The highest BCUT2D eigenvalue weighted by Gasteiger charge is 2.42. The van der Waals surface area contributed by atoms with Crippen LogP contribution in [0.3, 0.4) is 0 Å². The van der Waals surface area contributed by atoms with Gasteiger partial charge in [-0.1, -0.05) is 0 Å². The predicted octanol–water partition coefficient (Wildman–Crippen LogP) is 4.28. The Kier molecular flexibility index (Phi) is 8.10. The zero-order valence-electron chi connectivity index (χ0n) is 25.3. The van der Waals surface area contributed by atoms with Gasteiger partial charge < -0.3 is 24.4 Å². The number of ether oxygens (including phenoxy) is 3. The van der Waals surface area contributed by atoms with Crippen molar-refractivity contribution in [3.8, 4) is 34.3 Å². The number of carbonyl (C=O) groups excluding carboxylic acids is 1. The normalized spacial score (nSPS) is 17.5. The highest BCUT2D eigenvalue weighted by atomic mass is 19.3. The number of pyridine rings is 1. The number of alkyl halides is 2. The molecule has 0 aliphatic carbocycles. The van der Waals surface area contributed by atoms with Crippen molar-refractivity contribution in [2.45, 2.75) is 25.1 Å². The van der Waals surface area contributed by atoms with E-state index >= 15 is 8.78 Å². The number of fused-ring (bicyclic) bond motifs is 2. The Morgan fingerprint density at radius 2 is 1.54 bits per heavy atom. The highest BCUT2D eigenvalue weighted by Crippen LogP contribution is 2.37. The predicted molar refractivity (Wildman–Crippen MR) is 160 cm³/mol. The molecule has 2 saturated heterocycles. The molecule has 0 spiro atoms. The first-order valence-electron chi connectivity index (χ1n) is 14.2. The Morgan fingerprint density at radius 3 is 2.11 bits per heavy atom. The molecule has 2 fully saturated rings. The molecule has 0 radical (unpaired) electrons. The maximum absolute atomic E-state index is 15.5. The number of hydrogen-bond acceptors (Lipinski definition) is 8. The Morgan fingerprint density at radius 1 is 0.913 bits per heavy atom. The first kappa shape index (κ1) is 31.0. The van der Waals surface area contributed by atoms with Crippen LogP contribution in [0, 0.1) is 11.6 Å². The van der Waals surface area contributed by atoms with Crippen molar-refractivity contribution in [2.75, 3.05) is 44.6 Å². The topological polar surface area (TPSA) is 103 Å². The summed E-state index contributed by atoms with van der Waals surface area (Å²) in [6.45, 7) is -1.50. The molecule has 4 heterocycles. The van der Waals surface area contributed by atoms with Gasteiger partial charge in [0, 0.05) is 62.0 Å². The molecule has 4 aromatic rings. The monoisotopic (exact) mass is 642 g/mol. The number of rotatable bonds is 9. The minimum Gasteiger partial charge on any atom is -0.497 e. The summed E-state index contributed by atoms with van der Waals surface area (Å²) in [5.74, 6) is -2.19. The average molecular weight is 643 g/mol. The van der Waals surface area contributed by atoms with E-state index in [2.05, 4.69) is 26.9 Å². The number of methoxy groups -OCH3 is 2. The Labute approximate surface area is 260 Å². The highest BCUT2D eigenvalue weighted by molar-refractivity contribution is 6.06. The molecule has 6 rings (SSSR count). The summed E-state index contributed by atoms with van der Waals surface area (Å²) in [5, 5.41) is 2.47. The molecule has 2 aliphatic rings. The second-order valence-electron chi connectivity index (χ2n) is 11.0.